The maximum absolute atomic E-state index is 12.2. The van der Waals surface area contributed by atoms with Crippen LogP contribution in [0.3, 0.4) is 0 Å². The Morgan fingerprint density at radius 3 is 2.00 bits per heavy atom. The molecule has 0 saturated carbocycles. The van der Waals surface area contributed by atoms with Crippen LogP contribution >= 0.6 is 0 Å². The summed E-state index contributed by atoms with van der Waals surface area (Å²) in [7, 11) is 0. The van der Waals surface area contributed by atoms with Gasteiger partial charge in [-0.1, -0.05) is 30.3 Å². The van der Waals surface area contributed by atoms with Gasteiger partial charge < -0.3 is 20.7 Å². The normalized spacial score (nSPS) is 10.0. The molecule has 0 unspecified atom stereocenters. The minimum Gasteiger partial charge on any atom is -0.492 e. The fourth-order valence-corrected chi connectivity index (χ4v) is 2.54. The van der Waals surface area contributed by atoms with E-state index in [1.807, 2.05) is 49.4 Å². The Balaban J connectivity index is 1.59. The van der Waals surface area contributed by atoms with Crippen LogP contribution in [0.15, 0.2) is 78.9 Å². The number of amides is 2. The second-order valence-electron chi connectivity index (χ2n) is 5.91. The van der Waals surface area contributed by atoms with Gasteiger partial charge in [0, 0.05) is 17.1 Å². The molecule has 3 aromatic carbocycles. The highest BCUT2D eigenvalue weighted by molar-refractivity contribution is 6.43. The van der Waals surface area contributed by atoms with Gasteiger partial charge in [0.15, 0.2) is 0 Å². The van der Waals surface area contributed by atoms with Gasteiger partial charge in [0.2, 0.25) is 0 Å². The van der Waals surface area contributed by atoms with Crippen LogP contribution in [0.2, 0.25) is 0 Å². The first-order valence-corrected chi connectivity index (χ1v) is 8.92. The van der Waals surface area contributed by atoms with E-state index in [-0.39, 0.29) is 0 Å². The van der Waals surface area contributed by atoms with Crippen LogP contribution in [0.4, 0.5) is 22.7 Å². The Morgan fingerprint density at radius 1 is 0.714 bits per heavy atom. The lowest BCUT2D eigenvalue weighted by Gasteiger charge is -2.11. The predicted octanol–water partition coefficient (Wildman–Crippen LogP) is 4.41. The Hall–Kier alpha value is -3.80. The van der Waals surface area contributed by atoms with Crippen LogP contribution in [0.25, 0.3) is 0 Å². The van der Waals surface area contributed by atoms with Crippen LogP contribution in [-0.4, -0.2) is 18.4 Å². The zero-order valence-corrected chi connectivity index (χ0v) is 15.4. The Bertz CT molecular complexity index is 941. The summed E-state index contributed by atoms with van der Waals surface area (Å²) in [6.45, 7) is 2.31. The van der Waals surface area contributed by atoms with Gasteiger partial charge >= 0.3 is 11.8 Å². The first-order valence-electron chi connectivity index (χ1n) is 8.92. The van der Waals surface area contributed by atoms with Gasteiger partial charge in [-0.05, 0) is 55.5 Å². The molecule has 3 rings (SSSR count). The van der Waals surface area contributed by atoms with E-state index < -0.39 is 11.8 Å². The van der Waals surface area contributed by atoms with Crippen molar-refractivity contribution in [3.05, 3.63) is 78.9 Å². The van der Waals surface area contributed by atoms with Gasteiger partial charge in [0.25, 0.3) is 0 Å². The third-order valence-electron chi connectivity index (χ3n) is 3.85. The van der Waals surface area contributed by atoms with Crippen molar-refractivity contribution in [1.82, 2.24) is 0 Å². The number of benzene rings is 3. The molecule has 2 amide bonds. The van der Waals surface area contributed by atoms with Gasteiger partial charge in [-0.25, -0.2) is 0 Å². The summed E-state index contributed by atoms with van der Waals surface area (Å²) in [5.41, 5.74) is 2.81. The van der Waals surface area contributed by atoms with E-state index in [0.29, 0.717) is 23.7 Å². The average molecular weight is 375 g/mol. The molecule has 0 aromatic heterocycles. The lowest BCUT2D eigenvalue weighted by Crippen LogP contribution is -2.29. The standard InChI is InChI=1S/C22H21N3O3/c1-2-28-20-11-7-6-10-19(20)25-22(27)21(26)24-18-14-12-17(13-15-18)23-16-8-4-3-5-9-16/h3-15,23H,2H2,1H3,(H,24,26)(H,25,27). The number of rotatable bonds is 6. The van der Waals surface area contributed by atoms with Crippen LogP contribution in [-0.2, 0) is 9.59 Å². The molecule has 0 spiro atoms. The third-order valence-corrected chi connectivity index (χ3v) is 3.85. The van der Waals surface area contributed by atoms with Gasteiger partial charge in [-0.2, -0.15) is 0 Å². The summed E-state index contributed by atoms with van der Waals surface area (Å²) in [4.78, 5) is 24.4. The molecule has 3 N–H and O–H groups in total. The van der Waals surface area contributed by atoms with E-state index in [0.717, 1.165) is 11.4 Å². The largest absolute Gasteiger partial charge is 0.492 e. The van der Waals surface area contributed by atoms with Crippen LogP contribution in [0.1, 0.15) is 6.92 Å². The number of carbonyl (C=O) groups is 2. The van der Waals surface area contributed by atoms with E-state index in [4.69, 9.17) is 4.74 Å². The second-order valence-corrected chi connectivity index (χ2v) is 5.91. The molecular formula is C22H21N3O3. The summed E-state index contributed by atoms with van der Waals surface area (Å²) in [5.74, 6) is -1.00. The molecule has 0 fully saturated rings. The number of carbonyl (C=O) groups excluding carboxylic acids is 2. The van der Waals surface area contributed by atoms with E-state index in [1.165, 1.54) is 0 Å². The summed E-state index contributed by atoms with van der Waals surface area (Å²) < 4.78 is 5.44. The fourth-order valence-electron chi connectivity index (χ4n) is 2.54. The number of ether oxygens (including phenoxy) is 1. The average Bonchev–Trinajstić information content (AvgIpc) is 2.72. The maximum Gasteiger partial charge on any atom is 0.314 e. The lowest BCUT2D eigenvalue weighted by molar-refractivity contribution is -0.133. The SMILES string of the molecule is CCOc1ccccc1NC(=O)C(=O)Nc1ccc(Nc2ccccc2)cc1. The fraction of sp³-hybridized carbons (Fsp3) is 0.0909. The summed E-state index contributed by atoms with van der Waals surface area (Å²) in [6.07, 6.45) is 0. The van der Waals surface area contributed by atoms with E-state index in [2.05, 4.69) is 16.0 Å². The highest BCUT2D eigenvalue weighted by atomic mass is 16.5. The Morgan fingerprint density at radius 2 is 1.29 bits per heavy atom. The van der Waals surface area contributed by atoms with Gasteiger partial charge in [-0.15, -0.1) is 0 Å². The smallest absolute Gasteiger partial charge is 0.314 e. The van der Waals surface area contributed by atoms with Gasteiger partial charge in [-0.3, -0.25) is 9.59 Å². The molecule has 0 aliphatic heterocycles. The maximum atomic E-state index is 12.2. The van der Waals surface area contributed by atoms with E-state index in [1.54, 1.807) is 36.4 Å². The molecule has 142 valence electrons. The highest BCUT2D eigenvalue weighted by Crippen LogP contribution is 2.24. The van der Waals surface area contributed by atoms with Crippen molar-refractivity contribution in [3.8, 4) is 5.75 Å². The Labute approximate surface area is 163 Å². The zero-order valence-electron chi connectivity index (χ0n) is 15.4. The Kier molecular flexibility index (Phi) is 6.25. The lowest BCUT2D eigenvalue weighted by atomic mass is 10.2. The van der Waals surface area contributed by atoms with Crippen molar-refractivity contribution in [2.45, 2.75) is 6.92 Å². The van der Waals surface area contributed by atoms with E-state index in [9.17, 15) is 9.59 Å². The zero-order chi connectivity index (χ0) is 19.8. The van der Waals surface area contributed by atoms with Crippen LogP contribution in [0.5, 0.6) is 5.75 Å². The number of hydrogen-bond acceptors (Lipinski definition) is 4. The first kappa shape index (κ1) is 19.0. The van der Waals surface area contributed by atoms with Crippen molar-refractivity contribution >= 4 is 34.6 Å². The first-order chi connectivity index (χ1) is 13.7. The summed E-state index contributed by atoms with van der Waals surface area (Å²) >= 11 is 0. The molecule has 0 bridgehead atoms. The number of nitrogens with one attached hydrogen (secondary N) is 3. The van der Waals surface area contributed by atoms with Crippen molar-refractivity contribution < 1.29 is 14.3 Å². The molecule has 0 atom stereocenters. The molecule has 28 heavy (non-hydrogen) atoms. The molecule has 6 heteroatoms. The molecular weight excluding hydrogens is 354 g/mol. The third kappa shape index (κ3) is 5.11. The van der Waals surface area contributed by atoms with Crippen molar-refractivity contribution in [2.24, 2.45) is 0 Å². The van der Waals surface area contributed by atoms with Crippen LogP contribution < -0.4 is 20.7 Å². The minimum atomic E-state index is -0.765. The molecule has 0 radical (unpaired) electrons. The molecule has 0 aliphatic rings. The molecule has 6 nitrogen and oxygen atoms in total. The topological polar surface area (TPSA) is 79.5 Å². The van der Waals surface area contributed by atoms with Crippen LogP contribution in [0, 0.1) is 0 Å². The number of anilines is 4. The quantitative estimate of drug-likeness (QED) is 0.558. The monoisotopic (exact) mass is 375 g/mol. The molecule has 0 saturated heterocycles. The van der Waals surface area contributed by atoms with Gasteiger partial charge in [0.1, 0.15) is 5.75 Å². The van der Waals surface area contributed by atoms with Crippen molar-refractivity contribution in [2.75, 3.05) is 22.6 Å². The minimum absolute atomic E-state index is 0.451. The van der Waals surface area contributed by atoms with Gasteiger partial charge in [0.05, 0.1) is 12.3 Å². The van der Waals surface area contributed by atoms with Crippen molar-refractivity contribution in [1.29, 1.82) is 0 Å². The molecule has 0 heterocycles. The molecule has 0 aliphatic carbocycles. The van der Waals surface area contributed by atoms with E-state index >= 15 is 0 Å². The predicted molar refractivity (Wildman–Crippen MR) is 111 cm³/mol. The summed E-state index contributed by atoms with van der Waals surface area (Å²) in [6, 6.07) is 23.8. The molecule has 3 aromatic rings. The second kappa shape index (κ2) is 9.23. The number of hydrogen-bond donors (Lipinski definition) is 3. The number of para-hydroxylation sites is 3. The highest BCUT2D eigenvalue weighted by Gasteiger charge is 2.16. The van der Waals surface area contributed by atoms with Crippen molar-refractivity contribution in [3.63, 3.8) is 0 Å². The summed E-state index contributed by atoms with van der Waals surface area (Å²) in [5, 5.41) is 8.41.